The molecule has 0 unspecified atom stereocenters. The fraction of sp³-hybridized carbons (Fsp3) is 0.565. The number of aromatic amines is 1. The Kier molecular flexibility index (Phi) is 6.57. The smallest absolute Gasteiger partial charge is 0.251 e. The van der Waals surface area contributed by atoms with Crippen LogP contribution in [0, 0.1) is 6.92 Å². The fourth-order valence-electron chi connectivity index (χ4n) is 4.54. The summed E-state index contributed by atoms with van der Waals surface area (Å²) in [6, 6.07) is 6.15. The lowest BCUT2D eigenvalue weighted by Crippen LogP contribution is -2.43. The first kappa shape index (κ1) is 20.7. The van der Waals surface area contributed by atoms with Crippen molar-refractivity contribution in [1.82, 2.24) is 20.2 Å². The van der Waals surface area contributed by atoms with Crippen LogP contribution in [0.3, 0.4) is 0 Å². The SMILES string of the molecule is COc1cc(C(=O)NCc2ncc(C)[nH]2)ccc1OC1CCN(C2CCCC2)CC1. The lowest BCUT2D eigenvalue weighted by atomic mass is 10.0. The predicted molar refractivity (Wildman–Crippen MR) is 115 cm³/mol. The molecule has 7 heteroatoms. The van der Waals surface area contributed by atoms with Crippen LogP contribution in [-0.2, 0) is 6.54 Å². The van der Waals surface area contributed by atoms with Gasteiger partial charge in [0, 0.05) is 36.6 Å². The number of aromatic nitrogens is 2. The topological polar surface area (TPSA) is 79.5 Å². The molecule has 1 amide bonds. The first-order valence-corrected chi connectivity index (χ1v) is 11.0. The number of ether oxygens (including phenoxy) is 2. The maximum absolute atomic E-state index is 12.5. The second-order valence-corrected chi connectivity index (χ2v) is 8.35. The van der Waals surface area contributed by atoms with Crippen molar-refractivity contribution < 1.29 is 14.3 Å². The molecule has 0 spiro atoms. The predicted octanol–water partition coefficient (Wildman–Crippen LogP) is 3.44. The summed E-state index contributed by atoms with van der Waals surface area (Å²) in [6.45, 7) is 4.49. The number of piperidine rings is 1. The number of rotatable bonds is 7. The van der Waals surface area contributed by atoms with Crippen LogP contribution in [0.1, 0.15) is 60.4 Å². The van der Waals surface area contributed by atoms with E-state index < -0.39 is 0 Å². The molecule has 1 saturated carbocycles. The highest BCUT2D eigenvalue weighted by molar-refractivity contribution is 5.94. The van der Waals surface area contributed by atoms with Crippen molar-refractivity contribution >= 4 is 5.91 Å². The van der Waals surface area contributed by atoms with E-state index >= 15 is 0 Å². The molecule has 162 valence electrons. The highest BCUT2D eigenvalue weighted by Gasteiger charge is 2.28. The maximum atomic E-state index is 12.5. The van der Waals surface area contributed by atoms with Gasteiger partial charge in [-0.3, -0.25) is 4.79 Å². The minimum Gasteiger partial charge on any atom is -0.493 e. The van der Waals surface area contributed by atoms with Crippen molar-refractivity contribution in [1.29, 1.82) is 0 Å². The van der Waals surface area contributed by atoms with E-state index in [0.29, 0.717) is 23.6 Å². The molecule has 2 heterocycles. The van der Waals surface area contributed by atoms with E-state index in [-0.39, 0.29) is 12.0 Å². The van der Waals surface area contributed by atoms with E-state index in [1.807, 2.05) is 13.0 Å². The number of nitrogens with one attached hydrogen (secondary N) is 2. The Labute approximate surface area is 178 Å². The molecule has 2 aromatic rings. The molecule has 1 aromatic heterocycles. The summed E-state index contributed by atoms with van der Waals surface area (Å²) in [4.78, 5) is 22.5. The maximum Gasteiger partial charge on any atom is 0.251 e. The van der Waals surface area contributed by atoms with Gasteiger partial charge in [-0.1, -0.05) is 12.8 Å². The van der Waals surface area contributed by atoms with E-state index in [4.69, 9.17) is 9.47 Å². The molecule has 0 radical (unpaired) electrons. The van der Waals surface area contributed by atoms with E-state index in [9.17, 15) is 4.79 Å². The third-order valence-corrected chi connectivity index (χ3v) is 6.21. The number of likely N-dealkylation sites (tertiary alicyclic amines) is 1. The van der Waals surface area contributed by atoms with Crippen molar-refractivity contribution in [2.75, 3.05) is 20.2 Å². The van der Waals surface area contributed by atoms with Crippen LogP contribution in [0.5, 0.6) is 11.5 Å². The molecule has 1 aromatic carbocycles. The first-order chi connectivity index (χ1) is 14.6. The van der Waals surface area contributed by atoms with Gasteiger partial charge in [-0.25, -0.2) is 4.98 Å². The van der Waals surface area contributed by atoms with Crippen LogP contribution < -0.4 is 14.8 Å². The summed E-state index contributed by atoms with van der Waals surface area (Å²) >= 11 is 0. The molecular formula is C23H32N4O3. The number of amides is 1. The Morgan fingerprint density at radius 1 is 1.20 bits per heavy atom. The number of hydrogen-bond donors (Lipinski definition) is 2. The van der Waals surface area contributed by atoms with Crippen LogP contribution in [0.25, 0.3) is 0 Å². The molecule has 2 N–H and O–H groups in total. The van der Waals surface area contributed by atoms with Crippen LogP contribution in [-0.4, -0.2) is 53.1 Å². The quantitative estimate of drug-likeness (QED) is 0.728. The number of hydrogen-bond acceptors (Lipinski definition) is 5. The second kappa shape index (κ2) is 9.51. The molecule has 0 atom stereocenters. The van der Waals surface area contributed by atoms with Gasteiger partial charge in [-0.15, -0.1) is 0 Å². The minimum atomic E-state index is -0.168. The highest BCUT2D eigenvalue weighted by Crippen LogP contribution is 2.32. The number of benzene rings is 1. The van der Waals surface area contributed by atoms with Gasteiger partial charge in [-0.05, 0) is 50.8 Å². The fourth-order valence-corrected chi connectivity index (χ4v) is 4.54. The van der Waals surface area contributed by atoms with Crippen molar-refractivity contribution in [2.45, 2.75) is 64.1 Å². The molecule has 2 fully saturated rings. The number of aryl methyl sites for hydroxylation is 1. The number of carbonyl (C=O) groups is 1. The average molecular weight is 413 g/mol. The summed E-state index contributed by atoms with van der Waals surface area (Å²) in [7, 11) is 1.61. The summed E-state index contributed by atoms with van der Waals surface area (Å²) in [5, 5.41) is 2.88. The lowest BCUT2D eigenvalue weighted by molar-refractivity contribution is 0.0750. The average Bonchev–Trinajstić information content (AvgIpc) is 3.45. The van der Waals surface area contributed by atoms with Crippen LogP contribution in [0.4, 0.5) is 0 Å². The third kappa shape index (κ3) is 4.95. The summed E-state index contributed by atoms with van der Waals surface area (Å²) in [5.41, 5.74) is 1.51. The molecule has 0 bridgehead atoms. The second-order valence-electron chi connectivity index (χ2n) is 8.35. The number of imidazole rings is 1. The van der Waals surface area contributed by atoms with Gasteiger partial charge < -0.3 is 24.7 Å². The van der Waals surface area contributed by atoms with Crippen molar-refractivity contribution in [2.24, 2.45) is 0 Å². The molecule has 1 saturated heterocycles. The normalized spacial score (nSPS) is 18.5. The number of carbonyl (C=O) groups excluding carboxylic acids is 1. The van der Waals surface area contributed by atoms with Gasteiger partial charge in [0.15, 0.2) is 11.5 Å². The largest absolute Gasteiger partial charge is 0.493 e. The summed E-state index contributed by atoms with van der Waals surface area (Å²) in [6.07, 6.45) is 9.45. The summed E-state index contributed by atoms with van der Waals surface area (Å²) < 4.78 is 11.8. The Morgan fingerprint density at radius 3 is 2.63 bits per heavy atom. The van der Waals surface area contributed by atoms with Crippen LogP contribution in [0.15, 0.2) is 24.4 Å². The van der Waals surface area contributed by atoms with E-state index in [2.05, 4.69) is 20.2 Å². The van der Waals surface area contributed by atoms with Gasteiger partial charge in [0.05, 0.1) is 13.7 Å². The Balaban J connectivity index is 1.32. The monoisotopic (exact) mass is 412 g/mol. The van der Waals surface area contributed by atoms with Crippen molar-refractivity contribution in [3.8, 4) is 11.5 Å². The number of methoxy groups -OCH3 is 1. The minimum absolute atomic E-state index is 0.168. The standard InChI is InChI=1S/C23H32N4O3/c1-16-14-24-22(26-16)15-25-23(28)17-7-8-20(21(13-17)29-2)30-19-9-11-27(12-10-19)18-5-3-4-6-18/h7-8,13-14,18-19H,3-6,9-12,15H2,1-2H3,(H,24,26)(H,25,28). The zero-order valence-corrected chi connectivity index (χ0v) is 17.9. The Morgan fingerprint density at radius 2 is 1.97 bits per heavy atom. The van der Waals surface area contributed by atoms with Gasteiger partial charge in [-0.2, -0.15) is 0 Å². The van der Waals surface area contributed by atoms with Gasteiger partial charge in [0.1, 0.15) is 11.9 Å². The third-order valence-electron chi connectivity index (χ3n) is 6.21. The summed E-state index contributed by atoms with van der Waals surface area (Å²) in [5.74, 6) is 1.86. The van der Waals surface area contributed by atoms with E-state index in [1.165, 1.54) is 25.7 Å². The zero-order valence-electron chi connectivity index (χ0n) is 17.9. The molecule has 1 aliphatic heterocycles. The van der Waals surface area contributed by atoms with Gasteiger partial charge in [0.2, 0.25) is 0 Å². The highest BCUT2D eigenvalue weighted by atomic mass is 16.5. The first-order valence-electron chi connectivity index (χ1n) is 11.0. The lowest BCUT2D eigenvalue weighted by Gasteiger charge is -2.36. The molecule has 7 nitrogen and oxygen atoms in total. The Hall–Kier alpha value is -2.54. The molecule has 1 aliphatic carbocycles. The van der Waals surface area contributed by atoms with Crippen LogP contribution >= 0.6 is 0 Å². The molecular weight excluding hydrogens is 380 g/mol. The van der Waals surface area contributed by atoms with E-state index in [1.54, 1.807) is 25.4 Å². The van der Waals surface area contributed by atoms with Crippen molar-refractivity contribution in [3.63, 3.8) is 0 Å². The molecule has 30 heavy (non-hydrogen) atoms. The Bertz CT molecular complexity index is 852. The van der Waals surface area contributed by atoms with Crippen LogP contribution in [0.2, 0.25) is 0 Å². The zero-order chi connectivity index (χ0) is 20.9. The number of H-pyrrole nitrogens is 1. The van der Waals surface area contributed by atoms with Crippen molar-refractivity contribution in [3.05, 3.63) is 41.5 Å². The number of nitrogens with zero attached hydrogens (tertiary/aromatic N) is 2. The van der Waals surface area contributed by atoms with Gasteiger partial charge in [0.25, 0.3) is 5.91 Å². The molecule has 4 rings (SSSR count). The van der Waals surface area contributed by atoms with E-state index in [0.717, 1.165) is 43.5 Å². The molecule has 2 aliphatic rings. The van der Waals surface area contributed by atoms with Gasteiger partial charge >= 0.3 is 0 Å².